The molecule has 4 N–H and O–H groups in total. The number of nitrogens with zero attached hydrogens (tertiary/aromatic N) is 3. The molecule has 0 radical (unpaired) electrons. The topological polar surface area (TPSA) is 92.5 Å². The number of anilines is 2. The zero-order chi connectivity index (χ0) is 14.0. The van der Waals surface area contributed by atoms with Crippen LogP contribution in [0, 0.1) is 17.8 Å². The van der Waals surface area contributed by atoms with Gasteiger partial charge < -0.3 is 16.0 Å². The van der Waals surface area contributed by atoms with E-state index in [0.29, 0.717) is 11.6 Å². The summed E-state index contributed by atoms with van der Waals surface area (Å²) in [5.41, 5.74) is 7.57. The molecule has 0 unspecified atom stereocenters. The summed E-state index contributed by atoms with van der Waals surface area (Å²) in [5.74, 6) is 3.83. The van der Waals surface area contributed by atoms with Crippen molar-refractivity contribution in [2.45, 2.75) is 44.1 Å². The average Bonchev–Trinajstić information content (AvgIpc) is 2.84. The summed E-state index contributed by atoms with van der Waals surface area (Å²) in [6.45, 7) is 0. The lowest BCUT2D eigenvalue weighted by Crippen LogP contribution is -2.54. The van der Waals surface area contributed by atoms with Crippen LogP contribution in [0.25, 0.3) is 11.2 Å². The molecule has 4 saturated carbocycles. The lowest BCUT2D eigenvalue weighted by molar-refractivity contribution is 0.0106. The minimum Gasteiger partial charge on any atom is -0.368 e. The van der Waals surface area contributed by atoms with Crippen molar-refractivity contribution < 1.29 is 0 Å². The van der Waals surface area contributed by atoms with Crippen molar-refractivity contribution in [1.29, 1.82) is 0 Å². The predicted octanol–water partition coefficient (Wildman–Crippen LogP) is 2.32. The number of aromatic nitrogens is 4. The van der Waals surface area contributed by atoms with Crippen molar-refractivity contribution in [3.63, 3.8) is 0 Å². The van der Waals surface area contributed by atoms with Gasteiger partial charge in [-0.3, -0.25) is 0 Å². The Morgan fingerprint density at radius 3 is 2.43 bits per heavy atom. The van der Waals surface area contributed by atoms with E-state index in [1.54, 1.807) is 6.33 Å². The molecule has 2 heterocycles. The monoisotopic (exact) mass is 284 g/mol. The van der Waals surface area contributed by atoms with Gasteiger partial charge in [-0.15, -0.1) is 0 Å². The lowest BCUT2D eigenvalue weighted by atomic mass is 9.53. The van der Waals surface area contributed by atoms with Crippen LogP contribution in [0.4, 0.5) is 11.8 Å². The zero-order valence-corrected chi connectivity index (χ0v) is 12.0. The first-order valence-electron chi connectivity index (χ1n) is 7.94. The molecule has 4 aliphatic carbocycles. The van der Waals surface area contributed by atoms with Crippen LogP contribution in [-0.4, -0.2) is 25.5 Å². The van der Waals surface area contributed by atoms with E-state index >= 15 is 0 Å². The van der Waals surface area contributed by atoms with Crippen molar-refractivity contribution in [3.8, 4) is 0 Å². The molecule has 0 spiro atoms. The number of fused-ring (bicyclic) bond motifs is 1. The van der Waals surface area contributed by atoms with E-state index in [1.807, 2.05) is 0 Å². The molecule has 4 aliphatic rings. The van der Waals surface area contributed by atoms with Crippen molar-refractivity contribution in [2.24, 2.45) is 17.8 Å². The van der Waals surface area contributed by atoms with E-state index < -0.39 is 0 Å². The second kappa shape index (κ2) is 3.87. The largest absolute Gasteiger partial charge is 0.368 e. The minimum absolute atomic E-state index is 0.216. The number of hydrogen-bond acceptors (Lipinski definition) is 5. The molecule has 4 fully saturated rings. The molecule has 6 heteroatoms. The molecule has 0 amide bonds. The molecule has 2 aromatic heterocycles. The summed E-state index contributed by atoms with van der Waals surface area (Å²) in [5, 5.41) is 3.75. The van der Waals surface area contributed by atoms with E-state index in [2.05, 4.69) is 25.3 Å². The summed E-state index contributed by atoms with van der Waals surface area (Å²) in [4.78, 5) is 16.0. The molecule has 4 bridgehead atoms. The summed E-state index contributed by atoms with van der Waals surface area (Å²) >= 11 is 0. The third-order valence-corrected chi connectivity index (χ3v) is 5.72. The first kappa shape index (κ1) is 11.8. The number of hydrogen-bond donors (Lipinski definition) is 3. The van der Waals surface area contributed by atoms with Gasteiger partial charge in [0.1, 0.15) is 5.52 Å². The molecular formula is C15H20N6. The van der Waals surface area contributed by atoms with Crippen LogP contribution < -0.4 is 11.1 Å². The van der Waals surface area contributed by atoms with Crippen LogP contribution >= 0.6 is 0 Å². The Balaban J connectivity index is 1.55. The second-order valence-corrected chi connectivity index (χ2v) is 7.35. The van der Waals surface area contributed by atoms with Crippen molar-refractivity contribution in [2.75, 3.05) is 11.1 Å². The van der Waals surface area contributed by atoms with Gasteiger partial charge in [-0.25, -0.2) is 4.98 Å². The molecule has 0 saturated heterocycles. The molecule has 0 atom stereocenters. The Bertz CT molecular complexity index is 670. The summed E-state index contributed by atoms with van der Waals surface area (Å²) in [6.07, 6.45) is 9.80. The maximum atomic E-state index is 5.83. The van der Waals surface area contributed by atoms with Gasteiger partial charge in [0, 0.05) is 5.54 Å². The number of imidazole rings is 1. The SMILES string of the molecule is Nc1nc(NC23CC4CC(CC(C4)C2)C3)c2[nH]cnc2n1. The van der Waals surface area contributed by atoms with Gasteiger partial charge in [0.25, 0.3) is 0 Å². The Hall–Kier alpha value is -1.85. The molecule has 0 aliphatic heterocycles. The van der Waals surface area contributed by atoms with E-state index in [9.17, 15) is 0 Å². The predicted molar refractivity (Wildman–Crippen MR) is 80.6 cm³/mol. The average molecular weight is 284 g/mol. The second-order valence-electron chi connectivity index (χ2n) is 7.35. The number of nitrogens with one attached hydrogen (secondary N) is 2. The van der Waals surface area contributed by atoms with Crippen LogP contribution in [0.5, 0.6) is 0 Å². The van der Waals surface area contributed by atoms with E-state index in [0.717, 1.165) is 29.1 Å². The van der Waals surface area contributed by atoms with Gasteiger partial charge in [-0.1, -0.05) is 0 Å². The van der Waals surface area contributed by atoms with Gasteiger partial charge in [-0.05, 0) is 56.3 Å². The number of nitrogens with two attached hydrogens (primary N) is 1. The zero-order valence-electron chi connectivity index (χ0n) is 12.0. The number of H-pyrrole nitrogens is 1. The Morgan fingerprint density at radius 2 is 1.76 bits per heavy atom. The molecule has 6 rings (SSSR count). The number of nitrogen functional groups attached to an aromatic ring is 1. The lowest BCUT2D eigenvalue weighted by Gasteiger charge is -2.57. The van der Waals surface area contributed by atoms with Crippen LogP contribution in [0.1, 0.15) is 38.5 Å². The number of rotatable bonds is 2. The van der Waals surface area contributed by atoms with Crippen LogP contribution in [0.2, 0.25) is 0 Å². The fourth-order valence-corrected chi connectivity index (χ4v) is 5.46. The maximum absolute atomic E-state index is 5.83. The van der Waals surface area contributed by atoms with Crippen molar-refractivity contribution >= 4 is 22.9 Å². The van der Waals surface area contributed by atoms with Crippen LogP contribution in [-0.2, 0) is 0 Å². The third-order valence-electron chi connectivity index (χ3n) is 5.72. The summed E-state index contributed by atoms with van der Waals surface area (Å²) in [6, 6.07) is 0. The standard InChI is InChI=1S/C15H20N6/c16-14-19-12-11(17-7-18-12)13(20-14)21-15-4-8-1-9(5-15)3-10(2-8)6-15/h7-10H,1-6H2,(H4,16,17,18,19,20,21). The fraction of sp³-hybridized carbons (Fsp3) is 0.667. The quantitative estimate of drug-likeness (QED) is 0.787. The molecule has 0 aromatic carbocycles. The van der Waals surface area contributed by atoms with Crippen molar-refractivity contribution in [3.05, 3.63) is 6.33 Å². The van der Waals surface area contributed by atoms with Gasteiger partial charge in [0.15, 0.2) is 11.5 Å². The first-order valence-corrected chi connectivity index (χ1v) is 7.94. The summed E-state index contributed by atoms with van der Waals surface area (Å²) < 4.78 is 0. The smallest absolute Gasteiger partial charge is 0.224 e. The van der Waals surface area contributed by atoms with E-state index in [1.165, 1.54) is 38.5 Å². The Labute approximate surface area is 123 Å². The first-order chi connectivity index (χ1) is 10.2. The number of aromatic amines is 1. The highest BCUT2D eigenvalue weighted by molar-refractivity contribution is 5.83. The fourth-order valence-electron chi connectivity index (χ4n) is 5.46. The van der Waals surface area contributed by atoms with Crippen LogP contribution in [0.15, 0.2) is 6.33 Å². The third kappa shape index (κ3) is 1.74. The van der Waals surface area contributed by atoms with Crippen molar-refractivity contribution in [1.82, 2.24) is 19.9 Å². The highest BCUT2D eigenvalue weighted by atomic mass is 15.2. The molecule has 6 nitrogen and oxygen atoms in total. The van der Waals surface area contributed by atoms with Crippen LogP contribution in [0.3, 0.4) is 0 Å². The molecule has 110 valence electrons. The molecule has 21 heavy (non-hydrogen) atoms. The van der Waals surface area contributed by atoms with Gasteiger partial charge in [0.2, 0.25) is 5.95 Å². The van der Waals surface area contributed by atoms with Gasteiger partial charge in [-0.2, -0.15) is 9.97 Å². The van der Waals surface area contributed by atoms with E-state index in [4.69, 9.17) is 5.73 Å². The Kier molecular flexibility index (Phi) is 2.17. The van der Waals surface area contributed by atoms with E-state index in [-0.39, 0.29) is 5.54 Å². The normalized spacial score (nSPS) is 37.2. The van der Waals surface area contributed by atoms with Gasteiger partial charge >= 0.3 is 0 Å². The maximum Gasteiger partial charge on any atom is 0.224 e. The Morgan fingerprint density at radius 1 is 1.10 bits per heavy atom. The van der Waals surface area contributed by atoms with Gasteiger partial charge in [0.05, 0.1) is 6.33 Å². The highest BCUT2D eigenvalue weighted by Crippen LogP contribution is 2.56. The highest BCUT2D eigenvalue weighted by Gasteiger charge is 2.51. The molecule has 2 aromatic rings. The minimum atomic E-state index is 0.216. The summed E-state index contributed by atoms with van der Waals surface area (Å²) in [7, 11) is 0. The molecular weight excluding hydrogens is 264 g/mol.